The predicted octanol–water partition coefficient (Wildman–Crippen LogP) is 4.13. The van der Waals surface area contributed by atoms with E-state index >= 15 is 0 Å². The molecule has 90 valence electrons. The molecule has 2 aromatic carbocycles. The van der Waals surface area contributed by atoms with Crippen LogP contribution in [-0.2, 0) is 6.54 Å². The maximum atomic E-state index is 8.85. The number of hydrogen-bond acceptors (Lipinski definition) is 2. The lowest BCUT2D eigenvalue weighted by Gasteiger charge is -2.09. The monoisotopic (exact) mass is 256 g/mol. The third-order valence-electron chi connectivity index (χ3n) is 2.70. The van der Waals surface area contributed by atoms with Gasteiger partial charge in [0.1, 0.15) is 0 Å². The van der Waals surface area contributed by atoms with Crippen molar-refractivity contribution in [3.63, 3.8) is 0 Å². The van der Waals surface area contributed by atoms with E-state index in [-0.39, 0.29) is 0 Å². The molecule has 0 radical (unpaired) electrons. The molecule has 1 N–H and O–H groups in total. The summed E-state index contributed by atoms with van der Waals surface area (Å²) in [6.07, 6.45) is 0. The molecule has 0 aromatic heterocycles. The molecule has 2 aromatic rings. The molecule has 3 heteroatoms. The van der Waals surface area contributed by atoms with Crippen LogP contribution < -0.4 is 5.32 Å². The molecule has 0 aliphatic carbocycles. The largest absolute Gasteiger partial charge is 0.380 e. The number of nitriles is 1. The maximum Gasteiger partial charge on any atom is 0.0992 e. The minimum Gasteiger partial charge on any atom is -0.380 e. The molecule has 0 bridgehead atoms. The Balaban J connectivity index is 2.10. The number of nitrogens with zero attached hydrogens (tertiary/aromatic N) is 1. The highest BCUT2D eigenvalue weighted by Gasteiger charge is 2.01. The molecule has 0 amide bonds. The van der Waals surface area contributed by atoms with E-state index in [9.17, 15) is 0 Å². The molecule has 0 atom stereocenters. The van der Waals surface area contributed by atoms with E-state index in [1.165, 1.54) is 11.1 Å². The van der Waals surface area contributed by atoms with Gasteiger partial charge in [0.05, 0.1) is 22.3 Å². The molecule has 0 unspecified atom stereocenters. The molecule has 0 aliphatic heterocycles. The van der Waals surface area contributed by atoms with Crippen molar-refractivity contribution in [2.24, 2.45) is 0 Å². The predicted molar refractivity (Wildman–Crippen MR) is 74.7 cm³/mol. The summed E-state index contributed by atoms with van der Waals surface area (Å²) in [5, 5.41) is 12.7. The van der Waals surface area contributed by atoms with Gasteiger partial charge < -0.3 is 5.32 Å². The van der Waals surface area contributed by atoms with Crippen LogP contribution in [0, 0.1) is 18.3 Å². The first kappa shape index (κ1) is 12.5. The second kappa shape index (κ2) is 5.57. The molecule has 0 saturated carbocycles. The first-order valence-corrected chi connectivity index (χ1v) is 6.06. The van der Waals surface area contributed by atoms with Crippen molar-refractivity contribution in [1.82, 2.24) is 0 Å². The SMILES string of the molecule is Cc1ccc(CNc2cc(C#N)ccc2Cl)cc1. The van der Waals surface area contributed by atoms with Gasteiger partial charge in [-0.2, -0.15) is 5.26 Å². The van der Waals surface area contributed by atoms with Crippen LogP contribution in [0.3, 0.4) is 0 Å². The highest BCUT2D eigenvalue weighted by atomic mass is 35.5. The Morgan fingerprint density at radius 2 is 1.89 bits per heavy atom. The Hall–Kier alpha value is -1.98. The molecule has 0 saturated heterocycles. The molecular weight excluding hydrogens is 244 g/mol. The molecule has 0 spiro atoms. The Bertz CT molecular complexity index is 582. The number of benzene rings is 2. The molecule has 2 rings (SSSR count). The third kappa shape index (κ3) is 3.03. The average Bonchev–Trinajstić information content (AvgIpc) is 2.40. The van der Waals surface area contributed by atoms with Crippen LogP contribution in [0.25, 0.3) is 0 Å². The first-order valence-electron chi connectivity index (χ1n) is 5.68. The second-order valence-electron chi connectivity index (χ2n) is 4.15. The topological polar surface area (TPSA) is 35.8 Å². The normalized spacial score (nSPS) is 9.83. The summed E-state index contributed by atoms with van der Waals surface area (Å²) in [7, 11) is 0. The van der Waals surface area contributed by atoms with Gasteiger partial charge in [0, 0.05) is 6.54 Å². The second-order valence-corrected chi connectivity index (χ2v) is 4.55. The summed E-state index contributed by atoms with van der Waals surface area (Å²) in [6, 6.07) is 15.6. The molecule has 0 fully saturated rings. The number of hydrogen-bond donors (Lipinski definition) is 1. The highest BCUT2D eigenvalue weighted by molar-refractivity contribution is 6.33. The van der Waals surface area contributed by atoms with Gasteiger partial charge in [0.15, 0.2) is 0 Å². The van der Waals surface area contributed by atoms with Crippen LogP contribution in [0.4, 0.5) is 5.69 Å². The van der Waals surface area contributed by atoms with Gasteiger partial charge in [-0.25, -0.2) is 0 Å². The molecular formula is C15H13ClN2. The van der Waals surface area contributed by atoms with Gasteiger partial charge >= 0.3 is 0 Å². The maximum absolute atomic E-state index is 8.85. The van der Waals surface area contributed by atoms with Crippen LogP contribution in [0.2, 0.25) is 5.02 Å². The van der Waals surface area contributed by atoms with Crippen LogP contribution in [0.1, 0.15) is 16.7 Å². The van der Waals surface area contributed by atoms with Crippen molar-refractivity contribution in [3.8, 4) is 6.07 Å². The Labute approximate surface area is 112 Å². The fourth-order valence-corrected chi connectivity index (χ4v) is 1.82. The lowest BCUT2D eigenvalue weighted by Crippen LogP contribution is -2.00. The quantitative estimate of drug-likeness (QED) is 0.896. The minimum absolute atomic E-state index is 0.603. The van der Waals surface area contributed by atoms with E-state index < -0.39 is 0 Å². The average molecular weight is 257 g/mol. The van der Waals surface area contributed by atoms with E-state index in [0.29, 0.717) is 17.1 Å². The summed E-state index contributed by atoms with van der Waals surface area (Å²) in [6.45, 7) is 2.75. The van der Waals surface area contributed by atoms with Crippen LogP contribution in [-0.4, -0.2) is 0 Å². The summed E-state index contributed by atoms with van der Waals surface area (Å²) >= 11 is 6.07. The Morgan fingerprint density at radius 3 is 2.56 bits per heavy atom. The standard InChI is InChI=1S/C15H13ClN2/c1-11-2-4-12(5-3-11)10-18-15-8-13(9-17)6-7-14(15)16/h2-8,18H,10H2,1H3. The summed E-state index contributed by atoms with van der Waals surface area (Å²) in [5.41, 5.74) is 3.81. The number of aryl methyl sites for hydroxylation is 1. The van der Waals surface area contributed by atoms with Crippen molar-refractivity contribution in [2.75, 3.05) is 5.32 Å². The lowest BCUT2D eigenvalue weighted by molar-refractivity contribution is 1.14. The van der Waals surface area contributed by atoms with Gasteiger partial charge in [-0.15, -0.1) is 0 Å². The van der Waals surface area contributed by atoms with Crippen molar-refractivity contribution in [1.29, 1.82) is 5.26 Å². The van der Waals surface area contributed by atoms with Crippen molar-refractivity contribution >= 4 is 17.3 Å². The molecule has 18 heavy (non-hydrogen) atoms. The van der Waals surface area contributed by atoms with E-state index in [4.69, 9.17) is 16.9 Å². The lowest BCUT2D eigenvalue weighted by atomic mass is 10.1. The summed E-state index contributed by atoms with van der Waals surface area (Å²) in [4.78, 5) is 0. The zero-order chi connectivity index (χ0) is 13.0. The van der Waals surface area contributed by atoms with E-state index in [2.05, 4.69) is 42.6 Å². The molecule has 2 nitrogen and oxygen atoms in total. The number of anilines is 1. The zero-order valence-corrected chi connectivity index (χ0v) is 10.8. The van der Waals surface area contributed by atoms with Crippen LogP contribution in [0.5, 0.6) is 0 Å². The van der Waals surface area contributed by atoms with E-state index in [1.54, 1.807) is 18.2 Å². The summed E-state index contributed by atoms with van der Waals surface area (Å²) < 4.78 is 0. The van der Waals surface area contributed by atoms with Gasteiger partial charge in [0.25, 0.3) is 0 Å². The zero-order valence-electron chi connectivity index (χ0n) is 10.1. The van der Waals surface area contributed by atoms with Gasteiger partial charge in [-0.3, -0.25) is 0 Å². The van der Waals surface area contributed by atoms with Crippen molar-refractivity contribution in [2.45, 2.75) is 13.5 Å². The van der Waals surface area contributed by atoms with Gasteiger partial charge in [-0.1, -0.05) is 41.4 Å². The number of nitrogens with one attached hydrogen (secondary N) is 1. The summed E-state index contributed by atoms with van der Waals surface area (Å²) in [5.74, 6) is 0. The fourth-order valence-electron chi connectivity index (χ4n) is 1.63. The number of halogens is 1. The smallest absolute Gasteiger partial charge is 0.0992 e. The van der Waals surface area contributed by atoms with Gasteiger partial charge in [-0.05, 0) is 30.7 Å². The Kier molecular flexibility index (Phi) is 3.86. The van der Waals surface area contributed by atoms with Gasteiger partial charge in [0.2, 0.25) is 0 Å². The Morgan fingerprint density at radius 1 is 1.17 bits per heavy atom. The third-order valence-corrected chi connectivity index (χ3v) is 3.03. The first-order chi connectivity index (χ1) is 8.69. The molecule has 0 heterocycles. The fraction of sp³-hybridized carbons (Fsp3) is 0.133. The van der Waals surface area contributed by atoms with Crippen LogP contribution in [0.15, 0.2) is 42.5 Å². The highest BCUT2D eigenvalue weighted by Crippen LogP contribution is 2.23. The van der Waals surface area contributed by atoms with Crippen molar-refractivity contribution < 1.29 is 0 Å². The van der Waals surface area contributed by atoms with E-state index in [0.717, 1.165) is 5.69 Å². The van der Waals surface area contributed by atoms with Crippen molar-refractivity contribution in [3.05, 3.63) is 64.2 Å². The number of rotatable bonds is 3. The minimum atomic E-state index is 0.603. The van der Waals surface area contributed by atoms with Crippen LogP contribution >= 0.6 is 11.6 Å². The van der Waals surface area contributed by atoms with E-state index in [1.807, 2.05) is 0 Å². The molecule has 0 aliphatic rings.